The zero-order chi connectivity index (χ0) is 14.8. The average Bonchev–Trinajstić information content (AvgIpc) is 2.38. The van der Waals surface area contributed by atoms with Crippen molar-refractivity contribution in [1.82, 2.24) is 4.98 Å². The van der Waals surface area contributed by atoms with Crippen molar-refractivity contribution in [2.75, 3.05) is 7.11 Å². The van der Waals surface area contributed by atoms with Crippen molar-refractivity contribution in [1.29, 1.82) is 0 Å². The third kappa shape index (κ3) is 3.05. The molecule has 1 unspecified atom stereocenters. The molecule has 0 aliphatic heterocycles. The molecule has 1 heterocycles. The molecule has 1 aromatic carbocycles. The molecule has 20 heavy (non-hydrogen) atoms. The highest BCUT2D eigenvalue weighted by molar-refractivity contribution is 5.91. The van der Waals surface area contributed by atoms with Crippen LogP contribution < -0.4 is 0 Å². The van der Waals surface area contributed by atoms with Crippen molar-refractivity contribution in [3.63, 3.8) is 0 Å². The molecule has 0 amide bonds. The second kappa shape index (κ2) is 5.71. The van der Waals surface area contributed by atoms with E-state index in [0.717, 1.165) is 16.5 Å². The number of Topliss-reactive ketones (excluding diaryl/α,β-unsaturated/α-hetero) is 1. The summed E-state index contributed by atoms with van der Waals surface area (Å²) in [6.45, 7) is 6.05. The van der Waals surface area contributed by atoms with Gasteiger partial charge in [0.25, 0.3) is 0 Å². The number of methoxy groups -OCH3 is 1. The number of hydrogen-bond donors (Lipinski definition) is 0. The zero-order valence-corrected chi connectivity index (χ0v) is 12.5. The lowest BCUT2D eigenvalue weighted by atomic mass is 9.84. The standard InChI is InChI=1S/C17H21NO2/c1-17(2,3)16(20-4)15(19)11-12-9-10-18-14-8-6-5-7-13(12)14/h5-10,16H,11H2,1-4H3. The Morgan fingerprint density at radius 1 is 1.25 bits per heavy atom. The van der Waals surface area contributed by atoms with Gasteiger partial charge in [-0.25, -0.2) is 0 Å². The molecular formula is C17H21NO2. The maximum atomic E-state index is 12.5. The predicted molar refractivity (Wildman–Crippen MR) is 80.7 cm³/mol. The summed E-state index contributed by atoms with van der Waals surface area (Å²) in [5.74, 6) is 0.108. The topological polar surface area (TPSA) is 39.2 Å². The van der Waals surface area contributed by atoms with Crippen LogP contribution in [-0.4, -0.2) is 24.0 Å². The molecule has 2 aromatic rings. The Morgan fingerprint density at radius 3 is 2.60 bits per heavy atom. The molecule has 0 aliphatic carbocycles. The highest BCUT2D eigenvalue weighted by Gasteiger charge is 2.31. The van der Waals surface area contributed by atoms with Crippen LogP contribution in [0.15, 0.2) is 36.5 Å². The quantitative estimate of drug-likeness (QED) is 0.855. The first kappa shape index (κ1) is 14.7. The molecular weight excluding hydrogens is 250 g/mol. The minimum atomic E-state index is -0.394. The number of rotatable bonds is 4. The maximum absolute atomic E-state index is 12.5. The van der Waals surface area contributed by atoms with Crippen LogP contribution in [0.3, 0.4) is 0 Å². The fourth-order valence-electron chi connectivity index (χ4n) is 2.56. The fraction of sp³-hybridized carbons (Fsp3) is 0.412. The molecule has 2 rings (SSSR count). The summed E-state index contributed by atoms with van der Waals surface area (Å²) < 4.78 is 5.40. The van der Waals surface area contributed by atoms with Gasteiger partial charge in [-0.2, -0.15) is 0 Å². The molecule has 0 radical (unpaired) electrons. The second-order valence-corrected chi connectivity index (χ2v) is 6.11. The molecule has 3 heteroatoms. The number of pyridine rings is 1. The lowest BCUT2D eigenvalue weighted by Crippen LogP contribution is -2.37. The first-order chi connectivity index (χ1) is 9.43. The van der Waals surface area contributed by atoms with Crippen molar-refractivity contribution in [3.8, 4) is 0 Å². The SMILES string of the molecule is COC(C(=O)Cc1ccnc2ccccc12)C(C)(C)C. The van der Waals surface area contributed by atoms with E-state index in [1.54, 1.807) is 13.3 Å². The van der Waals surface area contributed by atoms with Crippen LogP contribution in [0.4, 0.5) is 0 Å². The van der Waals surface area contributed by atoms with Gasteiger partial charge in [0.05, 0.1) is 5.52 Å². The number of fused-ring (bicyclic) bond motifs is 1. The van der Waals surface area contributed by atoms with E-state index in [1.807, 2.05) is 51.1 Å². The number of para-hydroxylation sites is 1. The van der Waals surface area contributed by atoms with Crippen molar-refractivity contribution < 1.29 is 9.53 Å². The first-order valence-electron chi connectivity index (χ1n) is 6.81. The Bertz CT molecular complexity index is 608. The Kier molecular flexibility index (Phi) is 4.19. The normalized spacial score (nSPS) is 13.4. The van der Waals surface area contributed by atoms with Crippen molar-refractivity contribution >= 4 is 16.7 Å². The summed E-state index contributed by atoms with van der Waals surface area (Å²) >= 11 is 0. The van der Waals surface area contributed by atoms with E-state index in [4.69, 9.17) is 4.74 Å². The highest BCUT2D eigenvalue weighted by Crippen LogP contribution is 2.25. The van der Waals surface area contributed by atoms with E-state index in [2.05, 4.69) is 4.98 Å². The number of nitrogens with zero attached hydrogens (tertiary/aromatic N) is 1. The lowest BCUT2D eigenvalue weighted by Gasteiger charge is -2.28. The van der Waals surface area contributed by atoms with Crippen molar-refractivity contribution in [2.24, 2.45) is 5.41 Å². The van der Waals surface area contributed by atoms with Crippen LogP contribution in [0.5, 0.6) is 0 Å². The Labute approximate surface area is 120 Å². The van der Waals surface area contributed by atoms with E-state index in [1.165, 1.54) is 0 Å². The van der Waals surface area contributed by atoms with Crippen LogP contribution >= 0.6 is 0 Å². The minimum Gasteiger partial charge on any atom is -0.373 e. The van der Waals surface area contributed by atoms with E-state index in [0.29, 0.717) is 6.42 Å². The summed E-state index contributed by atoms with van der Waals surface area (Å²) in [6, 6.07) is 9.80. The summed E-state index contributed by atoms with van der Waals surface area (Å²) in [5.41, 5.74) is 1.73. The number of carbonyl (C=O) groups excluding carboxylic acids is 1. The van der Waals surface area contributed by atoms with Crippen LogP contribution in [0.25, 0.3) is 10.9 Å². The van der Waals surface area contributed by atoms with Gasteiger partial charge in [0.2, 0.25) is 0 Å². The highest BCUT2D eigenvalue weighted by atomic mass is 16.5. The second-order valence-electron chi connectivity index (χ2n) is 6.11. The number of ether oxygens (including phenoxy) is 1. The van der Waals surface area contributed by atoms with E-state index in [-0.39, 0.29) is 11.2 Å². The van der Waals surface area contributed by atoms with Gasteiger partial charge < -0.3 is 4.74 Å². The monoisotopic (exact) mass is 271 g/mol. The van der Waals surface area contributed by atoms with Crippen LogP contribution in [-0.2, 0) is 16.0 Å². The van der Waals surface area contributed by atoms with Gasteiger partial charge in [0, 0.05) is 25.1 Å². The molecule has 0 bridgehead atoms. The van der Waals surface area contributed by atoms with Crippen LogP contribution in [0.1, 0.15) is 26.3 Å². The smallest absolute Gasteiger partial charge is 0.166 e. The van der Waals surface area contributed by atoms with Gasteiger partial charge in [-0.05, 0) is 23.1 Å². The Morgan fingerprint density at radius 2 is 1.95 bits per heavy atom. The average molecular weight is 271 g/mol. The molecule has 0 saturated carbocycles. The first-order valence-corrected chi connectivity index (χ1v) is 6.81. The summed E-state index contributed by atoms with van der Waals surface area (Å²) in [7, 11) is 1.60. The number of ketones is 1. The van der Waals surface area contributed by atoms with Gasteiger partial charge in [-0.15, -0.1) is 0 Å². The molecule has 0 spiro atoms. The van der Waals surface area contributed by atoms with E-state index >= 15 is 0 Å². The molecule has 1 aromatic heterocycles. The minimum absolute atomic E-state index is 0.108. The number of hydrogen-bond acceptors (Lipinski definition) is 3. The Hall–Kier alpha value is -1.74. The van der Waals surface area contributed by atoms with Gasteiger partial charge in [-0.1, -0.05) is 39.0 Å². The summed E-state index contributed by atoms with van der Waals surface area (Å²) in [6.07, 6.45) is 1.73. The molecule has 1 atom stereocenters. The zero-order valence-electron chi connectivity index (χ0n) is 12.5. The Balaban J connectivity index is 2.30. The van der Waals surface area contributed by atoms with E-state index in [9.17, 15) is 4.79 Å². The van der Waals surface area contributed by atoms with Crippen LogP contribution in [0, 0.1) is 5.41 Å². The molecule has 3 nitrogen and oxygen atoms in total. The molecule has 0 fully saturated rings. The van der Waals surface area contributed by atoms with Crippen molar-refractivity contribution in [3.05, 3.63) is 42.1 Å². The third-order valence-corrected chi connectivity index (χ3v) is 3.42. The lowest BCUT2D eigenvalue weighted by molar-refractivity contribution is -0.134. The number of benzene rings is 1. The maximum Gasteiger partial charge on any atom is 0.166 e. The number of aromatic nitrogens is 1. The van der Waals surface area contributed by atoms with Gasteiger partial charge in [-0.3, -0.25) is 9.78 Å². The molecule has 0 saturated heterocycles. The van der Waals surface area contributed by atoms with E-state index < -0.39 is 6.10 Å². The van der Waals surface area contributed by atoms with Gasteiger partial charge >= 0.3 is 0 Å². The van der Waals surface area contributed by atoms with Gasteiger partial charge in [0.1, 0.15) is 6.10 Å². The number of carbonyl (C=O) groups is 1. The fourth-order valence-corrected chi connectivity index (χ4v) is 2.56. The molecule has 0 aliphatic rings. The van der Waals surface area contributed by atoms with Crippen molar-refractivity contribution in [2.45, 2.75) is 33.3 Å². The third-order valence-electron chi connectivity index (χ3n) is 3.42. The van der Waals surface area contributed by atoms with Crippen LogP contribution in [0.2, 0.25) is 0 Å². The summed E-state index contributed by atoms with van der Waals surface area (Å²) in [4.78, 5) is 16.8. The van der Waals surface area contributed by atoms with Gasteiger partial charge in [0.15, 0.2) is 5.78 Å². The largest absolute Gasteiger partial charge is 0.373 e. The molecule has 0 N–H and O–H groups in total. The summed E-state index contributed by atoms with van der Waals surface area (Å²) in [5, 5.41) is 1.03. The predicted octanol–water partition coefficient (Wildman–Crippen LogP) is 3.41. The molecule has 106 valence electrons.